The Morgan fingerprint density at radius 1 is 1.00 bits per heavy atom. The first-order valence-electron chi connectivity index (χ1n) is 10.3. The van der Waals surface area contributed by atoms with Crippen LogP contribution >= 0.6 is 0 Å². The Morgan fingerprint density at radius 3 is 2.26 bits per heavy atom. The van der Waals surface area contributed by atoms with Gasteiger partial charge in [0, 0.05) is 11.1 Å². The first-order valence-corrected chi connectivity index (χ1v) is 10.3. The lowest BCUT2D eigenvalue weighted by molar-refractivity contribution is 0.0525. The zero-order chi connectivity index (χ0) is 25.7. The van der Waals surface area contributed by atoms with E-state index in [0.717, 1.165) is 0 Å². The molecule has 0 amide bonds. The van der Waals surface area contributed by atoms with Gasteiger partial charge in [-0.05, 0) is 38.1 Å². The van der Waals surface area contributed by atoms with Gasteiger partial charge >= 0.3 is 5.97 Å². The lowest BCUT2D eigenvalue weighted by atomic mass is 10.2. The Labute approximate surface area is 199 Å². The van der Waals surface area contributed by atoms with E-state index in [0.29, 0.717) is 5.56 Å². The second-order valence-corrected chi connectivity index (χ2v) is 7.05. The number of nitrogens with one attached hydrogen (secondary N) is 1. The molecule has 0 bridgehead atoms. The van der Waals surface area contributed by atoms with Gasteiger partial charge < -0.3 is 29.4 Å². The van der Waals surface area contributed by atoms with Crippen LogP contribution in [-0.4, -0.2) is 37.6 Å². The average Bonchev–Trinajstić information content (AvgIpc) is 2.85. The molecule has 3 aromatic rings. The van der Waals surface area contributed by atoms with Crippen molar-refractivity contribution in [3.8, 4) is 34.8 Å². The van der Waals surface area contributed by atoms with E-state index in [-0.39, 0.29) is 41.0 Å². The number of nitrogens with zero attached hydrogens (tertiary/aromatic N) is 1. The van der Waals surface area contributed by atoms with Crippen LogP contribution in [0, 0.1) is 24.0 Å². The highest BCUT2D eigenvalue weighted by molar-refractivity contribution is 5.95. The van der Waals surface area contributed by atoms with Gasteiger partial charge in [0.25, 0.3) is 11.8 Å². The molecule has 2 aromatic carbocycles. The molecule has 0 aliphatic heterocycles. The third kappa shape index (κ3) is 5.40. The molecular weight excluding hydrogens is 464 g/mol. The van der Waals surface area contributed by atoms with Crippen molar-refractivity contribution in [2.75, 3.05) is 20.8 Å². The predicted octanol–water partition coefficient (Wildman–Crippen LogP) is 4.73. The van der Waals surface area contributed by atoms with Crippen molar-refractivity contribution in [2.45, 2.75) is 13.8 Å². The van der Waals surface area contributed by atoms with Crippen molar-refractivity contribution >= 4 is 11.8 Å². The molecule has 35 heavy (non-hydrogen) atoms. The number of rotatable bonds is 9. The molecule has 0 spiro atoms. The average molecular weight is 487 g/mol. The van der Waals surface area contributed by atoms with E-state index in [1.807, 2.05) is 0 Å². The van der Waals surface area contributed by atoms with Crippen LogP contribution in [-0.2, 0) is 4.74 Å². The summed E-state index contributed by atoms with van der Waals surface area (Å²) in [5.41, 5.74) is 5.45. The second kappa shape index (κ2) is 10.7. The Bertz CT molecular complexity index is 1280. The molecule has 0 saturated heterocycles. The summed E-state index contributed by atoms with van der Waals surface area (Å²) in [5, 5.41) is 7.53. The number of nitrogens with two attached hydrogens (primary N) is 1. The molecule has 0 fully saturated rings. The summed E-state index contributed by atoms with van der Waals surface area (Å²) in [7, 11) is 2.67. The van der Waals surface area contributed by atoms with E-state index < -0.39 is 34.9 Å². The summed E-state index contributed by atoms with van der Waals surface area (Å²) < 4.78 is 56.4. The first-order chi connectivity index (χ1) is 16.7. The molecule has 9 nitrogen and oxygen atoms in total. The number of nitrogen functional groups attached to an aromatic ring is 1. The van der Waals surface area contributed by atoms with E-state index in [9.17, 15) is 13.6 Å². The zero-order valence-electron chi connectivity index (χ0n) is 19.4. The van der Waals surface area contributed by atoms with Gasteiger partial charge in [-0.15, -0.1) is 0 Å². The maximum atomic E-state index is 14.9. The highest BCUT2D eigenvalue weighted by atomic mass is 19.1. The lowest BCUT2D eigenvalue weighted by Crippen LogP contribution is -2.10. The number of esters is 1. The number of halogens is 2. The van der Waals surface area contributed by atoms with Crippen LogP contribution in [0.5, 0.6) is 34.8 Å². The Morgan fingerprint density at radius 2 is 1.66 bits per heavy atom. The monoisotopic (exact) mass is 487 g/mol. The zero-order valence-corrected chi connectivity index (χ0v) is 19.4. The SMILES string of the molecule is CCOC(=O)c1cc(OC)c(OC)c(Oc2nc(Oc3cccc(C(=N)N)c3)c(F)c(C)c2F)c1. The normalized spacial score (nSPS) is 10.5. The van der Waals surface area contributed by atoms with Gasteiger partial charge in [-0.2, -0.15) is 4.98 Å². The van der Waals surface area contributed by atoms with Crippen LogP contribution in [0.3, 0.4) is 0 Å². The molecule has 184 valence electrons. The Kier molecular flexibility index (Phi) is 7.69. The molecule has 1 aromatic heterocycles. The van der Waals surface area contributed by atoms with Crippen LogP contribution in [0.2, 0.25) is 0 Å². The molecule has 0 atom stereocenters. The Hall–Kier alpha value is -4.41. The molecule has 0 radical (unpaired) electrons. The highest BCUT2D eigenvalue weighted by Crippen LogP contribution is 2.42. The van der Waals surface area contributed by atoms with E-state index in [1.54, 1.807) is 19.1 Å². The van der Waals surface area contributed by atoms with Crippen molar-refractivity contribution in [1.29, 1.82) is 5.41 Å². The minimum Gasteiger partial charge on any atom is -0.493 e. The van der Waals surface area contributed by atoms with Crippen molar-refractivity contribution < 1.29 is 37.3 Å². The largest absolute Gasteiger partial charge is 0.493 e. The summed E-state index contributed by atoms with van der Waals surface area (Å²) in [4.78, 5) is 16.1. The number of methoxy groups -OCH3 is 2. The second-order valence-electron chi connectivity index (χ2n) is 7.05. The van der Waals surface area contributed by atoms with Gasteiger partial charge in [-0.1, -0.05) is 12.1 Å². The maximum absolute atomic E-state index is 14.9. The van der Waals surface area contributed by atoms with Gasteiger partial charge in [0.1, 0.15) is 11.6 Å². The topological polar surface area (TPSA) is 126 Å². The number of benzene rings is 2. The summed E-state index contributed by atoms with van der Waals surface area (Å²) in [5.74, 6) is -4.09. The third-order valence-electron chi connectivity index (χ3n) is 4.76. The number of carbonyl (C=O) groups excluding carboxylic acids is 1. The minimum atomic E-state index is -1.09. The number of carbonyl (C=O) groups is 1. The fourth-order valence-electron chi connectivity index (χ4n) is 3.02. The van der Waals surface area contributed by atoms with Crippen LogP contribution in [0.1, 0.15) is 28.4 Å². The summed E-state index contributed by atoms with van der Waals surface area (Å²) in [6.45, 7) is 2.96. The van der Waals surface area contributed by atoms with Gasteiger partial charge in [0.05, 0.1) is 26.4 Å². The Balaban J connectivity index is 2.07. The maximum Gasteiger partial charge on any atom is 0.338 e. The molecule has 0 aliphatic rings. The standard InChI is InChI=1S/C24H23F2N3O6/c1-5-33-24(30)14-10-16(31-3)20(32-4)17(11-14)35-23-19(26)12(2)18(25)22(29-23)34-15-8-6-7-13(9-15)21(27)28/h6-11H,5H2,1-4H3,(H3,27,28). The number of ether oxygens (including phenoxy) is 5. The number of pyridine rings is 1. The predicted molar refractivity (Wildman–Crippen MR) is 122 cm³/mol. The van der Waals surface area contributed by atoms with Crippen molar-refractivity contribution in [2.24, 2.45) is 5.73 Å². The number of aromatic nitrogens is 1. The summed E-state index contributed by atoms with van der Waals surface area (Å²) >= 11 is 0. The van der Waals surface area contributed by atoms with Gasteiger partial charge in [0.15, 0.2) is 23.1 Å². The van der Waals surface area contributed by atoms with E-state index in [4.69, 9.17) is 34.8 Å². The minimum absolute atomic E-state index is 0.0420. The smallest absolute Gasteiger partial charge is 0.338 e. The molecular formula is C24H23F2N3O6. The lowest BCUT2D eigenvalue weighted by Gasteiger charge is -2.16. The summed E-state index contributed by atoms with van der Waals surface area (Å²) in [6, 6.07) is 8.65. The fraction of sp³-hybridized carbons (Fsp3) is 0.208. The van der Waals surface area contributed by atoms with E-state index >= 15 is 0 Å². The molecule has 0 aliphatic carbocycles. The number of hydrogen-bond acceptors (Lipinski definition) is 8. The molecule has 0 saturated carbocycles. The highest BCUT2D eigenvalue weighted by Gasteiger charge is 2.24. The van der Waals surface area contributed by atoms with Crippen LogP contribution in [0.4, 0.5) is 8.78 Å². The summed E-state index contributed by atoms with van der Waals surface area (Å²) in [6.07, 6.45) is 0. The third-order valence-corrected chi connectivity index (χ3v) is 4.76. The molecule has 3 N–H and O–H groups in total. The van der Waals surface area contributed by atoms with Crippen molar-refractivity contribution in [3.05, 3.63) is 64.7 Å². The molecule has 11 heteroatoms. The fourth-order valence-corrected chi connectivity index (χ4v) is 3.02. The van der Waals surface area contributed by atoms with Crippen molar-refractivity contribution in [1.82, 2.24) is 4.98 Å². The van der Waals surface area contributed by atoms with E-state index in [1.165, 1.54) is 45.4 Å². The van der Waals surface area contributed by atoms with Gasteiger partial charge in [-0.3, -0.25) is 5.41 Å². The first kappa shape index (κ1) is 25.2. The number of amidine groups is 1. The van der Waals surface area contributed by atoms with Crippen molar-refractivity contribution in [3.63, 3.8) is 0 Å². The van der Waals surface area contributed by atoms with Crippen LogP contribution < -0.4 is 24.7 Å². The molecule has 1 heterocycles. The van der Waals surface area contributed by atoms with Crippen LogP contribution in [0.25, 0.3) is 0 Å². The molecule has 0 unspecified atom stereocenters. The van der Waals surface area contributed by atoms with Crippen LogP contribution in [0.15, 0.2) is 36.4 Å². The molecule has 3 rings (SSSR count). The van der Waals surface area contributed by atoms with Gasteiger partial charge in [0.2, 0.25) is 5.75 Å². The quantitative estimate of drug-likeness (QED) is 0.252. The number of hydrogen-bond donors (Lipinski definition) is 2. The van der Waals surface area contributed by atoms with Gasteiger partial charge in [-0.25, -0.2) is 13.6 Å². The van der Waals surface area contributed by atoms with E-state index in [2.05, 4.69) is 4.98 Å².